The molecule has 25 heavy (non-hydrogen) atoms. The average molecular weight is 371 g/mol. The van der Waals surface area contributed by atoms with Crippen LogP contribution >= 0.6 is 12.4 Å². The molecule has 1 saturated heterocycles. The number of hydrogen-bond donors (Lipinski definition) is 4. The summed E-state index contributed by atoms with van der Waals surface area (Å²) in [7, 11) is 0. The number of nitrogens with one attached hydrogen (secondary N) is 3. The molecular formula is C18H31ClN4O2. The molecule has 0 radical (unpaired) electrons. The summed E-state index contributed by atoms with van der Waals surface area (Å²) in [5, 5.41) is 19.4. The van der Waals surface area contributed by atoms with Crippen LogP contribution in [0.3, 0.4) is 0 Å². The van der Waals surface area contributed by atoms with E-state index < -0.39 is 5.97 Å². The highest BCUT2D eigenvalue weighted by Gasteiger charge is 2.08. The average Bonchev–Trinajstić information content (AvgIpc) is 2.58. The molecule has 1 aliphatic heterocycles. The maximum Gasteiger partial charge on any atom is 0.335 e. The second-order valence-electron chi connectivity index (χ2n) is 6.24. The number of benzene rings is 1. The van der Waals surface area contributed by atoms with E-state index in [1.807, 2.05) is 12.1 Å². The van der Waals surface area contributed by atoms with Gasteiger partial charge >= 0.3 is 5.97 Å². The molecule has 142 valence electrons. The summed E-state index contributed by atoms with van der Waals surface area (Å²) in [6.45, 7) is 9.09. The zero-order valence-corrected chi connectivity index (χ0v) is 15.6. The first kappa shape index (κ1) is 21.9. The molecule has 0 amide bonds. The van der Waals surface area contributed by atoms with Crippen LogP contribution in [-0.2, 0) is 6.54 Å². The van der Waals surface area contributed by atoms with E-state index in [9.17, 15) is 4.79 Å². The van der Waals surface area contributed by atoms with Crippen molar-refractivity contribution in [2.75, 3.05) is 52.4 Å². The summed E-state index contributed by atoms with van der Waals surface area (Å²) in [6.07, 6.45) is 2.27. The lowest BCUT2D eigenvalue weighted by Gasteiger charge is -2.23. The van der Waals surface area contributed by atoms with Crippen LogP contribution in [0.1, 0.15) is 28.8 Å². The highest BCUT2D eigenvalue weighted by molar-refractivity contribution is 5.87. The molecule has 0 atom stereocenters. The van der Waals surface area contributed by atoms with Crippen molar-refractivity contribution >= 4 is 18.4 Å². The third-order valence-electron chi connectivity index (χ3n) is 4.23. The number of carboxylic acid groups (broad SMARTS) is 1. The Balaban J connectivity index is 0.00000312. The smallest absolute Gasteiger partial charge is 0.335 e. The standard InChI is InChI=1S/C18H30N4O2.ClH/c23-18(24)17-5-3-16(4-6-17)15-22-13-2-9-20-11-10-19-7-1-8-21-12-14-22;/h3-6,19-21H,1-2,7-15H2,(H,23,24);1H. The topological polar surface area (TPSA) is 76.6 Å². The lowest BCUT2D eigenvalue weighted by Crippen LogP contribution is -2.36. The minimum absolute atomic E-state index is 0. The molecule has 1 fully saturated rings. The fourth-order valence-corrected chi connectivity index (χ4v) is 2.84. The van der Waals surface area contributed by atoms with Crippen molar-refractivity contribution in [2.45, 2.75) is 19.4 Å². The first-order chi connectivity index (χ1) is 11.8. The maximum atomic E-state index is 10.9. The van der Waals surface area contributed by atoms with Gasteiger partial charge in [-0.3, -0.25) is 4.90 Å². The van der Waals surface area contributed by atoms with Gasteiger partial charge in [-0.05, 0) is 56.7 Å². The van der Waals surface area contributed by atoms with Crippen LogP contribution in [-0.4, -0.2) is 68.3 Å². The van der Waals surface area contributed by atoms with Gasteiger partial charge in [0.2, 0.25) is 0 Å². The van der Waals surface area contributed by atoms with Crippen LogP contribution in [0.2, 0.25) is 0 Å². The van der Waals surface area contributed by atoms with Crippen molar-refractivity contribution in [3.63, 3.8) is 0 Å². The van der Waals surface area contributed by atoms with Gasteiger partial charge < -0.3 is 21.1 Å². The molecule has 2 rings (SSSR count). The van der Waals surface area contributed by atoms with Crippen molar-refractivity contribution in [1.29, 1.82) is 0 Å². The number of carboxylic acids is 1. The van der Waals surface area contributed by atoms with Gasteiger partial charge in [-0.15, -0.1) is 12.4 Å². The fraction of sp³-hybridized carbons (Fsp3) is 0.611. The van der Waals surface area contributed by atoms with Gasteiger partial charge in [-0.25, -0.2) is 4.79 Å². The van der Waals surface area contributed by atoms with Crippen LogP contribution in [0.25, 0.3) is 0 Å². The van der Waals surface area contributed by atoms with E-state index in [0.29, 0.717) is 5.56 Å². The predicted octanol–water partition coefficient (Wildman–Crippen LogP) is 1.17. The van der Waals surface area contributed by atoms with Crippen molar-refractivity contribution in [3.05, 3.63) is 35.4 Å². The molecule has 0 bridgehead atoms. The molecule has 4 N–H and O–H groups in total. The number of aromatic carboxylic acids is 1. The molecular weight excluding hydrogens is 340 g/mol. The Morgan fingerprint density at radius 2 is 1.48 bits per heavy atom. The Labute approximate surface area is 156 Å². The van der Waals surface area contributed by atoms with Crippen molar-refractivity contribution in [3.8, 4) is 0 Å². The van der Waals surface area contributed by atoms with Crippen molar-refractivity contribution in [1.82, 2.24) is 20.9 Å². The van der Waals surface area contributed by atoms with Crippen molar-refractivity contribution in [2.24, 2.45) is 0 Å². The first-order valence-corrected chi connectivity index (χ1v) is 8.92. The quantitative estimate of drug-likeness (QED) is 0.640. The van der Waals surface area contributed by atoms with Gasteiger partial charge in [-0.1, -0.05) is 12.1 Å². The van der Waals surface area contributed by atoms with Gasteiger partial charge in [0, 0.05) is 32.7 Å². The number of nitrogens with zero attached hydrogens (tertiary/aromatic N) is 1. The zero-order chi connectivity index (χ0) is 17.0. The summed E-state index contributed by atoms with van der Waals surface area (Å²) >= 11 is 0. The Kier molecular flexibility index (Phi) is 11.4. The Bertz CT molecular complexity index is 470. The molecule has 0 aliphatic carbocycles. The Morgan fingerprint density at radius 1 is 0.880 bits per heavy atom. The summed E-state index contributed by atoms with van der Waals surface area (Å²) in [6, 6.07) is 7.22. The molecule has 1 aromatic rings. The van der Waals surface area contributed by atoms with E-state index in [0.717, 1.165) is 71.7 Å². The first-order valence-electron chi connectivity index (χ1n) is 8.92. The molecule has 1 aliphatic rings. The molecule has 1 aromatic carbocycles. The van der Waals surface area contributed by atoms with E-state index in [-0.39, 0.29) is 12.4 Å². The molecule has 0 unspecified atom stereocenters. The molecule has 7 heteroatoms. The number of hydrogen-bond acceptors (Lipinski definition) is 5. The van der Waals surface area contributed by atoms with Crippen LogP contribution in [0.5, 0.6) is 0 Å². The minimum atomic E-state index is -0.871. The second kappa shape index (κ2) is 13.1. The highest BCUT2D eigenvalue weighted by atomic mass is 35.5. The van der Waals surface area contributed by atoms with Crippen molar-refractivity contribution < 1.29 is 9.90 Å². The van der Waals surface area contributed by atoms with E-state index in [4.69, 9.17) is 5.11 Å². The Morgan fingerprint density at radius 3 is 2.12 bits per heavy atom. The predicted molar refractivity (Wildman–Crippen MR) is 104 cm³/mol. The van der Waals surface area contributed by atoms with E-state index in [2.05, 4.69) is 20.9 Å². The minimum Gasteiger partial charge on any atom is -0.478 e. The third-order valence-corrected chi connectivity index (χ3v) is 4.23. The van der Waals surface area contributed by atoms with Gasteiger partial charge in [-0.2, -0.15) is 0 Å². The van der Waals surface area contributed by atoms with Crippen LogP contribution < -0.4 is 16.0 Å². The van der Waals surface area contributed by atoms with Gasteiger partial charge in [0.05, 0.1) is 5.56 Å². The van der Waals surface area contributed by atoms with Gasteiger partial charge in [0.25, 0.3) is 0 Å². The zero-order valence-electron chi connectivity index (χ0n) is 14.8. The van der Waals surface area contributed by atoms with E-state index in [1.54, 1.807) is 12.1 Å². The lowest BCUT2D eigenvalue weighted by molar-refractivity contribution is 0.0697. The van der Waals surface area contributed by atoms with Crippen LogP contribution in [0.15, 0.2) is 24.3 Å². The Hall–Kier alpha value is -1.18. The monoisotopic (exact) mass is 370 g/mol. The SMILES string of the molecule is Cl.O=C(O)c1ccc(CN2CCCNCCNCCCNCC2)cc1. The molecule has 0 aromatic heterocycles. The number of halogens is 1. The van der Waals surface area contributed by atoms with E-state index >= 15 is 0 Å². The summed E-state index contributed by atoms with van der Waals surface area (Å²) in [5.41, 5.74) is 1.51. The number of rotatable bonds is 3. The molecule has 0 spiro atoms. The lowest BCUT2D eigenvalue weighted by atomic mass is 10.1. The molecule has 6 nitrogen and oxygen atoms in total. The highest BCUT2D eigenvalue weighted by Crippen LogP contribution is 2.08. The molecule has 1 heterocycles. The normalized spacial score (nSPS) is 18.7. The summed E-state index contributed by atoms with van der Waals surface area (Å²) < 4.78 is 0. The summed E-state index contributed by atoms with van der Waals surface area (Å²) in [4.78, 5) is 13.4. The van der Waals surface area contributed by atoms with Gasteiger partial charge in [0.15, 0.2) is 0 Å². The number of carbonyl (C=O) groups is 1. The van der Waals surface area contributed by atoms with E-state index in [1.165, 1.54) is 5.56 Å². The largest absolute Gasteiger partial charge is 0.478 e. The third kappa shape index (κ3) is 9.18. The van der Waals surface area contributed by atoms with Gasteiger partial charge in [0.1, 0.15) is 0 Å². The maximum absolute atomic E-state index is 10.9. The fourth-order valence-electron chi connectivity index (χ4n) is 2.84. The molecule has 0 saturated carbocycles. The van der Waals surface area contributed by atoms with Crippen LogP contribution in [0, 0.1) is 0 Å². The summed E-state index contributed by atoms with van der Waals surface area (Å²) in [5.74, 6) is -0.871. The second-order valence-corrected chi connectivity index (χ2v) is 6.24. The van der Waals surface area contributed by atoms with Crippen LogP contribution in [0.4, 0.5) is 0 Å².